The summed E-state index contributed by atoms with van der Waals surface area (Å²) in [4.78, 5) is 13.3. The molecule has 1 atom stereocenters. The number of benzene rings is 2. The van der Waals surface area contributed by atoms with Crippen LogP contribution in [0.15, 0.2) is 47.4 Å². The van der Waals surface area contributed by atoms with Gasteiger partial charge in [0.15, 0.2) is 11.5 Å². The van der Waals surface area contributed by atoms with Crippen LogP contribution in [0.4, 0.5) is 0 Å². The molecule has 0 saturated carbocycles. The van der Waals surface area contributed by atoms with Crippen molar-refractivity contribution < 1.29 is 22.7 Å². The highest BCUT2D eigenvalue weighted by Crippen LogP contribution is 2.34. The highest BCUT2D eigenvalue weighted by atomic mass is 32.2. The number of hydrogen-bond acceptors (Lipinski definition) is 5. The lowest BCUT2D eigenvalue weighted by Gasteiger charge is -2.24. The lowest BCUT2D eigenvalue weighted by molar-refractivity contribution is 0.0925. The molecule has 0 aromatic heterocycles. The third kappa shape index (κ3) is 4.76. The largest absolute Gasteiger partial charge is 0.490 e. The van der Waals surface area contributed by atoms with Gasteiger partial charge in [0.1, 0.15) is 0 Å². The van der Waals surface area contributed by atoms with Crippen LogP contribution in [0.2, 0.25) is 0 Å². The summed E-state index contributed by atoms with van der Waals surface area (Å²) in [5.41, 5.74) is 1.24. The molecule has 1 amide bonds. The smallest absolute Gasteiger partial charge is 0.251 e. The standard InChI is InChI=1S/C24H30N2O5S/c1-17(2)23(18-9-10-21-22(16-18)31-14-6-13-30-21)25-24(27)19-7-5-8-20(15-19)32(28,29)26-11-3-4-12-26/h5,7-10,15-17,23H,3-4,6,11-14H2,1-2H3,(H,25,27)/t23-/m0/s1. The summed E-state index contributed by atoms with van der Waals surface area (Å²) < 4.78 is 38.8. The average molecular weight is 459 g/mol. The minimum absolute atomic E-state index is 0.111. The highest BCUT2D eigenvalue weighted by Gasteiger charge is 2.28. The molecule has 1 saturated heterocycles. The van der Waals surface area contributed by atoms with E-state index in [0.717, 1.165) is 24.8 Å². The monoisotopic (exact) mass is 458 g/mol. The van der Waals surface area contributed by atoms with Crippen molar-refractivity contribution in [2.75, 3.05) is 26.3 Å². The topological polar surface area (TPSA) is 84.9 Å². The van der Waals surface area contributed by atoms with Crippen LogP contribution in [0.5, 0.6) is 11.5 Å². The number of ether oxygens (including phenoxy) is 2. The first-order valence-corrected chi connectivity index (χ1v) is 12.6. The SMILES string of the molecule is CC(C)[C@H](NC(=O)c1cccc(S(=O)(=O)N2CCCC2)c1)c1ccc2c(c1)OCCCO2. The Balaban J connectivity index is 1.56. The fourth-order valence-corrected chi connectivity index (χ4v) is 5.67. The molecular formula is C24H30N2O5S. The molecule has 4 rings (SSSR count). The van der Waals surface area contributed by atoms with E-state index >= 15 is 0 Å². The maximum Gasteiger partial charge on any atom is 0.251 e. The Hall–Kier alpha value is -2.58. The zero-order valence-corrected chi connectivity index (χ0v) is 19.4. The molecule has 2 aromatic rings. The normalized spacial score (nSPS) is 17.7. The van der Waals surface area contributed by atoms with Crippen molar-refractivity contribution >= 4 is 15.9 Å². The maximum atomic E-state index is 13.1. The first kappa shape index (κ1) is 22.6. The van der Waals surface area contributed by atoms with Crippen LogP contribution in [0.25, 0.3) is 0 Å². The van der Waals surface area contributed by atoms with Crippen LogP contribution in [0.3, 0.4) is 0 Å². The number of nitrogens with zero attached hydrogens (tertiary/aromatic N) is 1. The molecule has 1 fully saturated rings. The van der Waals surface area contributed by atoms with E-state index in [1.165, 1.54) is 10.4 Å². The van der Waals surface area contributed by atoms with Crippen molar-refractivity contribution in [3.05, 3.63) is 53.6 Å². The quantitative estimate of drug-likeness (QED) is 0.713. The molecule has 0 radical (unpaired) electrons. The van der Waals surface area contributed by atoms with Gasteiger partial charge in [0.2, 0.25) is 10.0 Å². The number of amides is 1. The molecule has 0 bridgehead atoms. The number of carbonyl (C=O) groups excluding carboxylic acids is 1. The minimum Gasteiger partial charge on any atom is -0.490 e. The first-order valence-electron chi connectivity index (χ1n) is 11.2. The van der Waals surface area contributed by atoms with E-state index in [9.17, 15) is 13.2 Å². The molecule has 172 valence electrons. The number of hydrogen-bond donors (Lipinski definition) is 1. The Labute approximate surface area is 189 Å². The molecule has 0 spiro atoms. The van der Waals surface area contributed by atoms with Crippen molar-refractivity contribution in [2.24, 2.45) is 5.92 Å². The molecular weight excluding hydrogens is 428 g/mol. The van der Waals surface area contributed by atoms with Gasteiger partial charge in [-0.15, -0.1) is 0 Å². The molecule has 0 unspecified atom stereocenters. The zero-order valence-electron chi connectivity index (χ0n) is 18.5. The third-order valence-corrected chi connectivity index (χ3v) is 7.78. The Kier molecular flexibility index (Phi) is 6.71. The Morgan fingerprint density at radius 3 is 2.41 bits per heavy atom. The van der Waals surface area contributed by atoms with Crippen LogP contribution in [-0.4, -0.2) is 44.9 Å². The second kappa shape index (κ2) is 9.50. The van der Waals surface area contributed by atoms with Gasteiger partial charge in [-0.25, -0.2) is 8.42 Å². The Bertz CT molecular complexity index is 1080. The molecule has 0 aliphatic carbocycles. The molecule has 2 aromatic carbocycles. The van der Waals surface area contributed by atoms with Crippen molar-refractivity contribution in [3.8, 4) is 11.5 Å². The first-order chi connectivity index (χ1) is 15.4. The van der Waals surface area contributed by atoms with E-state index in [4.69, 9.17) is 9.47 Å². The molecule has 7 nitrogen and oxygen atoms in total. The second-order valence-electron chi connectivity index (χ2n) is 8.59. The van der Waals surface area contributed by atoms with Crippen LogP contribution >= 0.6 is 0 Å². The van der Waals surface area contributed by atoms with Crippen LogP contribution in [0, 0.1) is 5.92 Å². The van der Waals surface area contributed by atoms with Gasteiger partial charge in [-0.05, 0) is 54.7 Å². The fraction of sp³-hybridized carbons (Fsp3) is 0.458. The average Bonchev–Trinajstić information content (AvgIpc) is 3.24. The number of sulfonamides is 1. The van der Waals surface area contributed by atoms with Gasteiger partial charge in [0.25, 0.3) is 5.91 Å². The summed E-state index contributed by atoms with van der Waals surface area (Å²) in [6, 6.07) is 11.7. The van der Waals surface area contributed by atoms with E-state index in [1.807, 2.05) is 32.0 Å². The van der Waals surface area contributed by atoms with Crippen LogP contribution in [0.1, 0.15) is 55.1 Å². The molecule has 2 heterocycles. The summed E-state index contributed by atoms with van der Waals surface area (Å²) >= 11 is 0. The molecule has 32 heavy (non-hydrogen) atoms. The minimum atomic E-state index is -3.58. The lowest BCUT2D eigenvalue weighted by Crippen LogP contribution is -2.32. The van der Waals surface area contributed by atoms with Gasteiger partial charge in [0.05, 0.1) is 24.2 Å². The lowest BCUT2D eigenvalue weighted by atomic mass is 9.95. The van der Waals surface area contributed by atoms with E-state index in [-0.39, 0.29) is 22.8 Å². The van der Waals surface area contributed by atoms with Crippen LogP contribution < -0.4 is 14.8 Å². The summed E-state index contributed by atoms with van der Waals surface area (Å²) in [6.45, 7) is 6.32. The van der Waals surface area contributed by atoms with E-state index < -0.39 is 10.0 Å². The summed E-state index contributed by atoms with van der Waals surface area (Å²) in [5, 5.41) is 3.08. The fourth-order valence-electron chi connectivity index (χ4n) is 4.11. The predicted molar refractivity (Wildman–Crippen MR) is 122 cm³/mol. The maximum absolute atomic E-state index is 13.1. The van der Waals surface area contributed by atoms with Gasteiger partial charge >= 0.3 is 0 Å². The van der Waals surface area contributed by atoms with Gasteiger partial charge in [-0.3, -0.25) is 4.79 Å². The van der Waals surface area contributed by atoms with Crippen molar-refractivity contribution in [1.29, 1.82) is 0 Å². The number of carbonyl (C=O) groups is 1. The third-order valence-electron chi connectivity index (χ3n) is 5.88. The Morgan fingerprint density at radius 1 is 0.969 bits per heavy atom. The van der Waals surface area contributed by atoms with Gasteiger partial charge in [-0.2, -0.15) is 4.31 Å². The summed E-state index contributed by atoms with van der Waals surface area (Å²) in [7, 11) is -3.58. The van der Waals surface area contributed by atoms with Crippen molar-refractivity contribution in [3.63, 3.8) is 0 Å². The number of fused-ring (bicyclic) bond motifs is 1. The zero-order chi connectivity index (χ0) is 22.7. The molecule has 1 N–H and O–H groups in total. The molecule has 2 aliphatic heterocycles. The van der Waals surface area contributed by atoms with Crippen LogP contribution in [-0.2, 0) is 10.0 Å². The summed E-state index contributed by atoms with van der Waals surface area (Å²) in [6.07, 6.45) is 2.56. The van der Waals surface area contributed by atoms with E-state index in [2.05, 4.69) is 5.32 Å². The van der Waals surface area contributed by atoms with E-state index in [1.54, 1.807) is 18.2 Å². The van der Waals surface area contributed by atoms with Gasteiger partial charge in [0, 0.05) is 25.1 Å². The highest BCUT2D eigenvalue weighted by molar-refractivity contribution is 7.89. The van der Waals surface area contributed by atoms with E-state index in [0.29, 0.717) is 43.4 Å². The van der Waals surface area contributed by atoms with Gasteiger partial charge < -0.3 is 14.8 Å². The number of rotatable bonds is 6. The Morgan fingerprint density at radius 2 is 1.69 bits per heavy atom. The van der Waals surface area contributed by atoms with Crippen molar-refractivity contribution in [1.82, 2.24) is 9.62 Å². The molecule has 8 heteroatoms. The van der Waals surface area contributed by atoms with Crippen molar-refractivity contribution in [2.45, 2.75) is 44.0 Å². The summed E-state index contributed by atoms with van der Waals surface area (Å²) in [5.74, 6) is 1.19. The molecule has 2 aliphatic rings. The number of nitrogens with one attached hydrogen (secondary N) is 1. The predicted octanol–water partition coefficient (Wildman–Crippen LogP) is 3.76. The second-order valence-corrected chi connectivity index (χ2v) is 10.5. The van der Waals surface area contributed by atoms with Gasteiger partial charge in [-0.1, -0.05) is 26.0 Å².